The molecule has 0 aliphatic carbocycles. The Labute approximate surface area is 89.5 Å². The summed E-state index contributed by atoms with van der Waals surface area (Å²) in [6.45, 7) is 4.00. The van der Waals surface area contributed by atoms with Crippen molar-refractivity contribution in [2.75, 3.05) is 7.05 Å². The van der Waals surface area contributed by atoms with Crippen LogP contribution in [0.3, 0.4) is 0 Å². The number of aryl methyl sites for hydroxylation is 2. The number of benzene rings is 1. The zero-order valence-corrected chi connectivity index (χ0v) is 9.26. The first-order chi connectivity index (χ1) is 7.04. The molecule has 1 aromatic carbocycles. The summed E-state index contributed by atoms with van der Waals surface area (Å²) < 4.78 is 0. The maximum Gasteiger partial charge on any atom is 0.287 e. The van der Waals surface area contributed by atoms with Crippen molar-refractivity contribution in [1.82, 2.24) is 5.32 Å². The number of likely N-dealkylation sites (N-methyl/N-ethyl adjacent to an activating group) is 1. The number of ketones is 1. The lowest BCUT2D eigenvalue weighted by atomic mass is 10.0. The number of hydrogen-bond donors (Lipinski definition) is 1. The van der Waals surface area contributed by atoms with Gasteiger partial charge in [-0.1, -0.05) is 18.2 Å². The summed E-state index contributed by atoms with van der Waals surface area (Å²) in [7, 11) is 1.46. The van der Waals surface area contributed by atoms with Crippen LogP contribution in [0.2, 0.25) is 0 Å². The molecule has 0 saturated carbocycles. The van der Waals surface area contributed by atoms with Gasteiger partial charge < -0.3 is 5.32 Å². The van der Waals surface area contributed by atoms with Crippen LogP contribution in [0.15, 0.2) is 18.2 Å². The number of amides is 1. The number of rotatable bonds is 3. The molecule has 80 valence electrons. The molecular formula is C12H15NO2. The first-order valence-electron chi connectivity index (χ1n) is 4.85. The summed E-state index contributed by atoms with van der Waals surface area (Å²) >= 11 is 0. The molecule has 1 N–H and O–H groups in total. The van der Waals surface area contributed by atoms with Crippen molar-refractivity contribution < 1.29 is 9.59 Å². The fourth-order valence-electron chi connectivity index (χ4n) is 1.32. The molecule has 0 bridgehead atoms. The standard InChI is InChI=1S/C12H15NO2/c1-8-4-5-10(6-9(8)2)7-11(14)12(15)13-3/h4-6H,7H2,1-3H3,(H,13,15). The van der Waals surface area contributed by atoms with E-state index in [1.807, 2.05) is 32.0 Å². The van der Waals surface area contributed by atoms with E-state index in [4.69, 9.17) is 0 Å². The predicted molar refractivity (Wildman–Crippen MR) is 58.7 cm³/mol. The maximum atomic E-state index is 11.3. The van der Waals surface area contributed by atoms with Crippen LogP contribution in [-0.4, -0.2) is 18.7 Å². The highest BCUT2D eigenvalue weighted by Crippen LogP contribution is 2.10. The zero-order chi connectivity index (χ0) is 11.4. The molecular weight excluding hydrogens is 190 g/mol. The Morgan fingerprint density at radius 1 is 1.20 bits per heavy atom. The Morgan fingerprint density at radius 2 is 1.87 bits per heavy atom. The van der Waals surface area contributed by atoms with Crippen LogP contribution in [0.25, 0.3) is 0 Å². The van der Waals surface area contributed by atoms with Crippen molar-refractivity contribution in [3.05, 3.63) is 34.9 Å². The van der Waals surface area contributed by atoms with E-state index in [1.54, 1.807) is 0 Å². The fourth-order valence-corrected chi connectivity index (χ4v) is 1.32. The molecule has 15 heavy (non-hydrogen) atoms. The molecule has 0 aromatic heterocycles. The molecule has 3 heteroatoms. The average Bonchev–Trinajstić information content (AvgIpc) is 2.22. The van der Waals surface area contributed by atoms with Crippen molar-refractivity contribution >= 4 is 11.7 Å². The van der Waals surface area contributed by atoms with Gasteiger partial charge in [0.05, 0.1) is 0 Å². The quantitative estimate of drug-likeness (QED) is 0.753. The van der Waals surface area contributed by atoms with Crippen LogP contribution in [-0.2, 0) is 16.0 Å². The minimum Gasteiger partial charge on any atom is -0.353 e. The third kappa shape index (κ3) is 2.91. The first kappa shape index (κ1) is 11.4. The topological polar surface area (TPSA) is 46.2 Å². The lowest BCUT2D eigenvalue weighted by Gasteiger charge is -2.04. The normalized spacial score (nSPS) is 9.80. The molecule has 1 aromatic rings. The predicted octanol–water partition coefficient (Wildman–Crippen LogP) is 1.16. The molecule has 0 aliphatic rings. The second kappa shape index (κ2) is 4.73. The van der Waals surface area contributed by atoms with Gasteiger partial charge in [-0.05, 0) is 30.5 Å². The van der Waals surface area contributed by atoms with Crippen LogP contribution >= 0.6 is 0 Å². The van der Waals surface area contributed by atoms with Gasteiger partial charge in [-0.25, -0.2) is 0 Å². The number of carbonyl (C=O) groups excluding carboxylic acids is 2. The van der Waals surface area contributed by atoms with Gasteiger partial charge >= 0.3 is 0 Å². The third-order valence-corrected chi connectivity index (χ3v) is 2.42. The number of nitrogens with one attached hydrogen (secondary N) is 1. The van der Waals surface area contributed by atoms with Gasteiger partial charge in [0.25, 0.3) is 5.91 Å². The van der Waals surface area contributed by atoms with Crippen molar-refractivity contribution in [2.45, 2.75) is 20.3 Å². The van der Waals surface area contributed by atoms with Gasteiger partial charge in [0.1, 0.15) is 0 Å². The van der Waals surface area contributed by atoms with Gasteiger partial charge in [0.15, 0.2) is 0 Å². The number of Topliss-reactive ketones (excluding diaryl/α,β-unsaturated/α-hetero) is 1. The highest BCUT2D eigenvalue weighted by molar-refractivity contribution is 6.36. The minimum atomic E-state index is -0.534. The van der Waals surface area contributed by atoms with Crippen molar-refractivity contribution in [1.29, 1.82) is 0 Å². The highest BCUT2D eigenvalue weighted by Gasteiger charge is 2.12. The molecule has 0 spiro atoms. The second-order valence-corrected chi connectivity index (χ2v) is 3.60. The first-order valence-corrected chi connectivity index (χ1v) is 4.85. The smallest absolute Gasteiger partial charge is 0.287 e. The minimum absolute atomic E-state index is 0.167. The van der Waals surface area contributed by atoms with E-state index in [0.717, 1.165) is 11.1 Å². The zero-order valence-electron chi connectivity index (χ0n) is 9.26. The van der Waals surface area contributed by atoms with Gasteiger partial charge in [-0.15, -0.1) is 0 Å². The summed E-state index contributed by atoms with van der Waals surface area (Å²) in [5.74, 6) is -0.936. The van der Waals surface area contributed by atoms with Crippen LogP contribution in [0.1, 0.15) is 16.7 Å². The number of hydrogen-bond acceptors (Lipinski definition) is 2. The summed E-state index contributed by atoms with van der Waals surface area (Å²) in [4.78, 5) is 22.3. The molecule has 3 nitrogen and oxygen atoms in total. The largest absolute Gasteiger partial charge is 0.353 e. The molecule has 0 atom stereocenters. The Hall–Kier alpha value is -1.64. The summed E-state index contributed by atoms with van der Waals surface area (Å²) in [6, 6.07) is 5.78. The Kier molecular flexibility index (Phi) is 3.61. The summed E-state index contributed by atoms with van der Waals surface area (Å²) in [5.41, 5.74) is 3.20. The van der Waals surface area contributed by atoms with E-state index in [2.05, 4.69) is 5.32 Å². The van der Waals surface area contributed by atoms with E-state index in [0.29, 0.717) is 0 Å². The van der Waals surface area contributed by atoms with Gasteiger partial charge in [0, 0.05) is 13.5 Å². The molecule has 0 aliphatic heterocycles. The fraction of sp³-hybridized carbons (Fsp3) is 0.333. The monoisotopic (exact) mass is 205 g/mol. The Bertz CT molecular complexity index is 397. The van der Waals surface area contributed by atoms with E-state index in [-0.39, 0.29) is 6.42 Å². The van der Waals surface area contributed by atoms with Crippen LogP contribution in [0.5, 0.6) is 0 Å². The Morgan fingerprint density at radius 3 is 2.40 bits per heavy atom. The SMILES string of the molecule is CNC(=O)C(=O)Cc1ccc(C)c(C)c1. The van der Waals surface area contributed by atoms with Gasteiger partial charge in [-0.3, -0.25) is 9.59 Å². The molecule has 1 rings (SSSR count). The van der Waals surface area contributed by atoms with Crippen LogP contribution < -0.4 is 5.32 Å². The van der Waals surface area contributed by atoms with Gasteiger partial charge in [-0.2, -0.15) is 0 Å². The van der Waals surface area contributed by atoms with Crippen LogP contribution in [0, 0.1) is 13.8 Å². The van der Waals surface area contributed by atoms with Crippen molar-refractivity contribution in [3.8, 4) is 0 Å². The number of carbonyl (C=O) groups is 2. The Balaban J connectivity index is 2.77. The molecule has 1 amide bonds. The maximum absolute atomic E-state index is 11.3. The van der Waals surface area contributed by atoms with Gasteiger partial charge in [0.2, 0.25) is 5.78 Å². The van der Waals surface area contributed by atoms with E-state index >= 15 is 0 Å². The summed E-state index contributed by atoms with van der Waals surface area (Å²) in [6.07, 6.45) is 0.167. The average molecular weight is 205 g/mol. The van der Waals surface area contributed by atoms with E-state index in [1.165, 1.54) is 12.6 Å². The third-order valence-electron chi connectivity index (χ3n) is 2.42. The highest BCUT2D eigenvalue weighted by atomic mass is 16.2. The van der Waals surface area contributed by atoms with E-state index < -0.39 is 11.7 Å². The molecule has 0 radical (unpaired) electrons. The van der Waals surface area contributed by atoms with E-state index in [9.17, 15) is 9.59 Å². The lowest BCUT2D eigenvalue weighted by molar-refractivity contribution is -0.137. The summed E-state index contributed by atoms with van der Waals surface area (Å²) in [5, 5.41) is 2.32. The second-order valence-electron chi connectivity index (χ2n) is 3.60. The van der Waals surface area contributed by atoms with Crippen LogP contribution in [0.4, 0.5) is 0 Å². The van der Waals surface area contributed by atoms with Crippen molar-refractivity contribution in [3.63, 3.8) is 0 Å². The van der Waals surface area contributed by atoms with Crippen molar-refractivity contribution in [2.24, 2.45) is 0 Å². The molecule has 0 heterocycles. The molecule has 0 fully saturated rings. The lowest BCUT2D eigenvalue weighted by Crippen LogP contribution is -2.28. The molecule has 0 unspecified atom stereocenters. The molecule has 0 saturated heterocycles.